The van der Waals surface area contributed by atoms with E-state index >= 15 is 0 Å². The Kier molecular flexibility index (Phi) is 16.3. The molecule has 0 saturated heterocycles. The lowest BCUT2D eigenvalue weighted by Crippen LogP contribution is -2.15. The van der Waals surface area contributed by atoms with Gasteiger partial charge in [0, 0.05) is 0 Å². The van der Waals surface area contributed by atoms with Crippen molar-refractivity contribution < 1.29 is 47.4 Å². The van der Waals surface area contributed by atoms with Crippen molar-refractivity contribution in [3.8, 4) is 23.0 Å². The molecule has 0 aromatic heterocycles. The molecule has 0 amide bonds. The molecular weight excluding hydrogens is 496 g/mol. The summed E-state index contributed by atoms with van der Waals surface area (Å²) in [5, 5.41) is 0. The van der Waals surface area contributed by atoms with Crippen LogP contribution in [0, 0.1) is 0 Å². The molecule has 1 heterocycles. The fourth-order valence-electron chi connectivity index (χ4n) is 3.27. The zero-order valence-electron chi connectivity index (χ0n) is 22.0. The highest BCUT2D eigenvalue weighted by Gasteiger charge is 2.10. The van der Waals surface area contributed by atoms with Crippen molar-refractivity contribution in [2.45, 2.75) is 0 Å². The number of para-hydroxylation sites is 4. The van der Waals surface area contributed by atoms with Crippen LogP contribution in [-0.2, 0) is 33.2 Å². The molecule has 0 unspecified atom stereocenters. The Hall–Kier alpha value is -2.44. The monoisotopic (exact) mass is 536 g/mol. The Balaban J connectivity index is 1.45. The van der Waals surface area contributed by atoms with Crippen molar-refractivity contribution in [1.29, 1.82) is 0 Å². The largest absolute Gasteiger partial charge is 0.487 e. The second-order valence-corrected chi connectivity index (χ2v) is 7.98. The summed E-state index contributed by atoms with van der Waals surface area (Å²) >= 11 is 0. The van der Waals surface area contributed by atoms with Crippen LogP contribution in [0.2, 0.25) is 0 Å². The number of benzene rings is 2. The normalized spacial score (nSPS) is 19.4. The molecule has 1 aliphatic rings. The van der Waals surface area contributed by atoms with E-state index < -0.39 is 0 Å². The minimum atomic E-state index is 0.383. The van der Waals surface area contributed by atoms with E-state index in [1.54, 1.807) is 0 Å². The molecule has 0 bridgehead atoms. The zero-order chi connectivity index (χ0) is 26.4. The van der Waals surface area contributed by atoms with Crippen LogP contribution < -0.4 is 14.2 Å². The maximum Gasteiger partial charge on any atom is 0.169 e. The van der Waals surface area contributed by atoms with Crippen molar-refractivity contribution in [2.24, 2.45) is 0 Å². The molecule has 0 N–H and O–H groups in total. The second kappa shape index (κ2) is 20.5. The highest BCUT2D eigenvalue weighted by atomic mass is 16.6. The molecule has 1 aliphatic heterocycles. The Morgan fingerprint density at radius 1 is 0.289 bits per heavy atom. The maximum atomic E-state index is 6.13. The lowest BCUT2D eigenvalue weighted by atomic mass is 10.3. The van der Waals surface area contributed by atoms with Gasteiger partial charge < -0.3 is 47.4 Å². The van der Waals surface area contributed by atoms with Gasteiger partial charge in [0.25, 0.3) is 0 Å². The first-order valence-corrected chi connectivity index (χ1v) is 13.1. The highest BCUT2D eigenvalue weighted by molar-refractivity contribution is 5.47. The van der Waals surface area contributed by atoms with Crippen LogP contribution in [0.5, 0.6) is 23.0 Å². The molecule has 2 aromatic carbocycles. The standard InChI is InChI=1S/C28H40O10/c1-3-7-27-25(5-1)36-23-21-34-19-17-32-15-13-30-11-9-29-10-12-31-14-16-33-18-20-35-22-24-37-26-6-2-4-8-28(26)38-27/h1-8H,9-24H2. The first kappa shape index (κ1) is 30.1. The average Bonchev–Trinajstić information content (AvgIpc) is 2.94. The Morgan fingerprint density at radius 3 is 0.816 bits per heavy atom. The van der Waals surface area contributed by atoms with E-state index in [1.807, 2.05) is 48.5 Å². The van der Waals surface area contributed by atoms with Gasteiger partial charge in [0.15, 0.2) is 23.0 Å². The van der Waals surface area contributed by atoms with Crippen LogP contribution in [0.3, 0.4) is 0 Å². The van der Waals surface area contributed by atoms with Gasteiger partial charge in [0.1, 0.15) is 13.2 Å². The molecule has 0 aliphatic carbocycles. The van der Waals surface area contributed by atoms with E-state index in [2.05, 4.69) is 0 Å². The lowest BCUT2D eigenvalue weighted by molar-refractivity contribution is -0.0219. The molecule has 10 nitrogen and oxygen atoms in total. The minimum absolute atomic E-state index is 0.383. The Labute approximate surface area is 224 Å². The first-order valence-electron chi connectivity index (χ1n) is 13.1. The van der Waals surface area contributed by atoms with Gasteiger partial charge in [-0.05, 0) is 24.3 Å². The first-order chi connectivity index (χ1) is 18.9. The highest BCUT2D eigenvalue weighted by Crippen LogP contribution is 2.36. The molecule has 0 atom stereocenters. The molecule has 0 spiro atoms. The van der Waals surface area contributed by atoms with Gasteiger partial charge in [0.05, 0.1) is 92.5 Å². The number of hydrogen-bond donors (Lipinski definition) is 0. The average molecular weight is 537 g/mol. The molecule has 212 valence electrons. The van der Waals surface area contributed by atoms with E-state index in [1.165, 1.54) is 0 Å². The number of hydrogen-bond acceptors (Lipinski definition) is 10. The van der Waals surface area contributed by atoms with E-state index in [-0.39, 0.29) is 0 Å². The lowest BCUT2D eigenvalue weighted by Gasteiger charge is -2.15. The van der Waals surface area contributed by atoms with Crippen LogP contribution >= 0.6 is 0 Å². The summed E-state index contributed by atoms with van der Waals surface area (Å²) in [4.78, 5) is 0. The topological polar surface area (TPSA) is 92.3 Å². The van der Waals surface area contributed by atoms with Gasteiger partial charge in [-0.2, -0.15) is 0 Å². The van der Waals surface area contributed by atoms with Crippen molar-refractivity contribution in [3.63, 3.8) is 0 Å². The van der Waals surface area contributed by atoms with E-state index in [9.17, 15) is 0 Å². The van der Waals surface area contributed by atoms with Gasteiger partial charge in [-0.1, -0.05) is 24.3 Å². The number of rotatable bonds is 0. The van der Waals surface area contributed by atoms with Crippen molar-refractivity contribution >= 4 is 0 Å². The van der Waals surface area contributed by atoms with Gasteiger partial charge in [-0.15, -0.1) is 0 Å². The third-order valence-electron chi connectivity index (χ3n) is 5.12. The summed E-state index contributed by atoms with van der Waals surface area (Å²) in [6.07, 6.45) is 0. The fourth-order valence-corrected chi connectivity index (χ4v) is 3.27. The molecule has 0 fully saturated rings. The smallest absolute Gasteiger partial charge is 0.169 e. The summed E-state index contributed by atoms with van der Waals surface area (Å²) in [7, 11) is 0. The molecule has 0 radical (unpaired) electrons. The summed E-state index contributed by atoms with van der Waals surface area (Å²) < 4.78 is 56.6. The summed E-state index contributed by atoms with van der Waals surface area (Å²) in [5.41, 5.74) is 0. The maximum absolute atomic E-state index is 6.13. The SMILES string of the molecule is c1ccc2c(c1)OCCOCCOCCOCCOCCOCCOCCOCCOc1ccccc1O2. The summed E-state index contributed by atoms with van der Waals surface area (Å²) in [5.74, 6) is 2.43. The number of fused-ring (bicyclic) bond motifs is 2. The van der Waals surface area contributed by atoms with Crippen LogP contribution in [0.25, 0.3) is 0 Å². The van der Waals surface area contributed by atoms with Crippen LogP contribution in [0.4, 0.5) is 0 Å². The van der Waals surface area contributed by atoms with Crippen LogP contribution in [0.15, 0.2) is 48.5 Å². The van der Waals surface area contributed by atoms with E-state index in [4.69, 9.17) is 47.4 Å². The predicted molar refractivity (Wildman–Crippen MR) is 140 cm³/mol. The van der Waals surface area contributed by atoms with E-state index in [0.717, 1.165) is 0 Å². The Bertz CT molecular complexity index is 782. The van der Waals surface area contributed by atoms with Gasteiger partial charge in [-0.25, -0.2) is 0 Å². The van der Waals surface area contributed by atoms with Gasteiger partial charge >= 0.3 is 0 Å². The molecule has 0 saturated carbocycles. The molecule has 38 heavy (non-hydrogen) atoms. The molecule has 3 rings (SSSR count). The van der Waals surface area contributed by atoms with Crippen LogP contribution in [-0.4, -0.2) is 106 Å². The Morgan fingerprint density at radius 2 is 0.526 bits per heavy atom. The van der Waals surface area contributed by atoms with E-state index in [0.29, 0.717) is 129 Å². The molecular formula is C28H40O10. The zero-order valence-corrected chi connectivity index (χ0v) is 22.0. The minimum Gasteiger partial charge on any atom is -0.487 e. The predicted octanol–water partition coefficient (Wildman–Crippen LogP) is 3.37. The second-order valence-electron chi connectivity index (χ2n) is 7.98. The third kappa shape index (κ3) is 13.4. The van der Waals surface area contributed by atoms with Crippen molar-refractivity contribution in [1.82, 2.24) is 0 Å². The van der Waals surface area contributed by atoms with Gasteiger partial charge in [0.2, 0.25) is 0 Å². The van der Waals surface area contributed by atoms with Crippen LogP contribution in [0.1, 0.15) is 0 Å². The fraction of sp³-hybridized carbons (Fsp3) is 0.571. The van der Waals surface area contributed by atoms with Gasteiger partial charge in [-0.3, -0.25) is 0 Å². The third-order valence-corrected chi connectivity index (χ3v) is 5.12. The van der Waals surface area contributed by atoms with Crippen molar-refractivity contribution in [3.05, 3.63) is 48.5 Å². The molecule has 2 aromatic rings. The van der Waals surface area contributed by atoms with Crippen molar-refractivity contribution in [2.75, 3.05) is 106 Å². The molecule has 10 heteroatoms. The quantitative estimate of drug-likeness (QED) is 0.499. The summed E-state index contributed by atoms with van der Waals surface area (Å²) in [6.45, 7) is 7.65. The number of ether oxygens (including phenoxy) is 10. The summed E-state index contributed by atoms with van der Waals surface area (Å²) in [6, 6.07) is 15.0.